The lowest BCUT2D eigenvalue weighted by Gasteiger charge is -2.41. The Morgan fingerprint density at radius 2 is 2.05 bits per heavy atom. The van der Waals surface area contributed by atoms with Gasteiger partial charge >= 0.3 is 0 Å². The number of rotatable bonds is 4. The molecule has 0 radical (unpaired) electrons. The zero-order valence-electron chi connectivity index (χ0n) is 11.2. The number of benzene rings is 1. The van der Waals surface area contributed by atoms with E-state index in [4.69, 9.17) is 17.3 Å². The largest absolute Gasteiger partial charge is 0.397 e. The summed E-state index contributed by atoms with van der Waals surface area (Å²) in [4.78, 5) is 0.217. The van der Waals surface area contributed by atoms with Gasteiger partial charge in [-0.3, -0.25) is 0 Å². The van der Waals surface area contributed by atoms with Gasteiger partial charge in [0.2, 0.25) is 10.0 Å². The van der Waals surface area contributed by atoms with Gasteiger partial charge in [0.1, 0.15) is 0 Å². The van der Waals surface area contributed by atoms with Crippen LogP contribution >= 0.6 is 11.6 Å². The van der Waals surface area contributed by atoms with E-state index in [1.807, 2.05) is 6.92 Å². The second-order valence-corrected chi connectivity index (χ2v) is 7.29. The third-order valence-corrected chi connectivity index (χ3v) is 5.97. The molecule has 0 spiro atoms. The van der Waals surface area contributed by atoms with Crippen molar-refractivity contribution >= 4 is 27.3 Å². The first-order valence-electron chi connectivity index (χ1n) is 6.39. The number of hydrogen-bond acceptors (Lipinski definition) is 3. The minimum absolute atomic E-state index is 0.217. The fourth-order valence-corrected chi connectivity index (χ4v) is 4.44. The van der Waals surface area contributed by atoms with Crippen LogP contribution in [-0.4, -0.2) is 14.0 Å². The Morgan fingerprint density at radius 1 is 1.42 bits per heavy atom. The van der Waals surface area contributed by atoms with Gasteiger partial charge in [0.05, 0.1) is 15.6 Å². The quantitative estimate of drug-likeness (QED) is 0.840. The second-order valence-electron chi connectivity index (χ2n) is 5.23. The van der Waals surface area contributed by atoms with Crippen molar-refractivity contribution in [2.75, 3.05) is 5.73 Å². The fourth-order valence-electron chi connectivity index (χ4n) is 2.43. The summed E-state index contributed by atoms with van der Waals surface area (Å²) < 4.78 is 27.8. The minimum atomic E-state index is -3.55. The van der Waals surface area contributed by atoms with E-state index in [0.717, 1.165) is 25.7 Å². The first-order chi connectivity index (χ1) is 8.80. The lowest BCUT2D eigenvalue weighted by Crippen LogP contribution is -2.52. The fraction of sp³-hybridized carbons (Fsp3) is 0.538. The standard InChI is InChI=1S/C13H19ClN2O2S/c1-3-13(5-4-6-13)16-19(17,18)12-8-11(15)10(14)7-9(12)2/h7-8,16H,3-6,15H2,1-2H3. The Morgan fingerprint density at radius 3 is 2.53 bits per heavy atom. The number of nitrogens with two attached hydrogens (primary N) is 1. The maximum atomic E-state index is 12.5. The topological polar surface area (TPSA) is 72.2 Å². The molecule has 1 aromatic carbocycles. The molecular formula is C13H19ClN2O2S. The van der Waals surface area contributed by atoms with Crippen LogP contribution in [0.15, 0.2) is 17.0 Å². The predicted octanol–water partition coefficient (Wildman–Crippen LogP) is 2.84. The monoisotopic (exact) mass is 302 g/mol. The molecule has 0 bridgehead atoms. The molecule has 0 heterocycles. The summed E-state index contributed by atoms with van der Waals surface area (Å²) in [5.74, 6) is 0. The van der Waals surface area contributed by atoms with Crippen molar-refractivity contribution in [3.8, 4) is 0 Å². The molecule has 1 aliphatic rings. The molecule has 4 nitrogen and oxygen atoms in total. The molecule has 0 saturated heterocycles. The van der Waals surface area contributed by atoms with Crippen LogP contribution in [0.25, 0.3) is 0 Å². The van der Waals surface area contributed by atoms with Gasteiger partial charge in [-0.25, -0.2) is 13.1 Å². The lowest BCUT2D eigenvalue weighted by molar-refractivity contribution is 0.214. The van der Waals surface area contributed by atoms with Crippen molar-refractivity contribution in [2.24, 2.45) is 0 Å². The highest BCUT2D eigenvalue weighted by Gasteiger charge is 2.39. The summed E-state index contributed by atoms with van der Waals surface area (Å²) >= 11 is 5.89. The van der Waals surface area contributed by atoms with Crippen molar-refractivity contribution in [1.82, 2.24) is 4.72 Å². The molecule has 1 aromatic rings. The van der Waals surface area contributed by atoms with E-state index >= 15 is 0 Å². The van der Waals surface area contributed by atoms with E-state index in [-0.39, 0.29) is 16.1 Å². The Balaban J connectivity index is 2.37. The molecule has 0 unspecified atom stereocenters. The predicted molar refractivity (Wildman–Crippen MR) is 77.8 cm³/mol. The number of nitrogen functional groups attached to an aromatic ring is 1. The summed E-state index contributed by atoms with van der Waals surface area (Å²) in [5.41, 5.74) is 6.32. The molecule has 1 fully saturated rings. The number of hydrogen-bond donors (Lipinski definition) is 2. The van der Waals surface area contributed by atoms with Crippen LogP contribution in [0.1, 0.15) is 38.2 Å². The highest BCUT2D eigenvalue weighted by atomic mass is 35.5. The molecule has 0 aromatic heterocycles. The zero-order chi connectivity index (χ0) is 14.3. The number of anilines is 1. The molecule has 1 aliphatic carbocycles. The zero-order valence-corrected chi connectivity index (χ0v) is 12.7. The van der Waals surface area contributed by atoms with Crippen molar-refractivity contribution in [3.05, 3.63) is 22.7 Å². The Labute approximate surface area is 119 Å². The molecule has 6 heteroatoms. The minimum Gasteiger partial charge on any atom is -0.397 e. The molecule has 1 saturated carbocycles. The first kappa shape index (κ1) is 14.6. The Bertz CT molecular complexity index is 589. The van der Waals surface area contributed by atoms with Crippen molar-refractivity contribution in [2.45, 2.75) is 50.0 Å². The average Bonchev–Trinajstić information content (AvgIpc) is 2.28. The summed E-state index contributed by atoms with van der Waals surface area (Å²) in [6.45, 7) is 3.73. The van der Waals surface area contributed by atoms with Crippen LogP contribution in [0.5, 0.6) is 0 Å². The van der Waals surface area contributed by atoms with E-state index < -0.39 is 10.0 Å². The van der Waals surface area contributed by atoms with E-state index in [9.17, 15) is 8.42 Å². The molecule has 19 heavy (non-hydrogen) atoms. The summed E-state index contributed by atoms with van der Waals surface area (Å²) in [5, 5.41) is 0.380. The van der Waals surface area contributed by atoms with Crippen LogP contribution in [0.4, 0.5) is 5.69 Å². The number of halogens is 1. The van der Waals surface area contributed by atoms with Crippen LogP contribution < -0.4 is 10.5 Å². The van der Waals surface area contributed by atoms with Gasteiger partial charge in [0.15, 0.2) is 0 Å². The van der Waals surface area contributed by atoms with E-state index in [2.05, 4.69) is 4.72 Å². The van der Waals surface area contributed by atoms with Crippen molar-refractivity contribution in [1.29, 1.82) is 0 Å². The second kappa shape index (κ2) is 4.96. The van der Waals surface area contributed by atoms with Gasteiger partial charge in [-0.15, -0.1) is 0 Å². The van der Waals surface area contributed by atoms with Crippen LogP contribution in [0.2, 0.25) is 5.02 Å². The molecule has 0 aliphatic heterocycles. The Hall–Kier alpha value is -0.780. The third kappa shape index (κ3) is 2.73. The van der Waals surface area contributed by atoms with E-state index in [0.29, 0.717) is 10.6 Å². The highest BCUT2D eigenvalue weighted by molar-refractivity contribution is 7.89. The summed E-state index contributed by atoms with van der Waals surface area (Å²) in [7, 11) is -3.55. The van der Waals surface area contributed by atoms with Gasteiger partial charge in [-0.1, -0.05) is 18.5 Å². The number of aryl methyl sites for hydroxylation is 1. The maximum absolute atomic E-state index is 12.5. The van der Waals surface area contributed by atoms with E-state index in [1.165, 1.54) is 6.07 Å². The molecular weight excluding hydrogens is 284 g/mol. The van der Waals surface area contributed by atoms with Crippen molar-refractivity contribution in [3.63, 3.8) is 0 Å². The maximum Gasteiger partial charge on any atom is 0.241 e. The smallest absolute Gasteiger partial charge is 0.241 e. The lowest BCUT2D eigenvalue weighted by atomic mass is 9.76. The van der Waals surface area contributed by atoms with E-state index in [1.54, 1.807) is 13.0 Å². The molecule has 0 amide bonds. The number of nitrogens with one attached hydrogen (secondary N) is 1. The molecule has 106 valence electrons. The van der Waals surface area contributed by atoms with Gasteiger partial charge in [-0.05, 0) is 50.3 Å². The Kier molecular flexibility index (Phi) is 3.82. The average molecular weight is 303 g/mol. The normalized spacial score (nSPS) is 18.1. The number of sulfonamides is 1. The molecule has 3 N–H and O–H groups in total. The summed E-state index contributed by atoms with van der Waals surface area (Å²) in [6.07, 6.45) is 3.65. The van der Waals surface area contributed by atoms with Gasteiger partial charge < -0.3 is 5.73 Å². The van der Waals surface area contributed by atoms with Crippen LogP contribution in [0.3, 0.4) is 0 Å². The highest BCUT2D eigenvalue weighted by Crippen LogP contribution is 2.37. The first-order valence-corrected chi connectivity index (χ1v) is 8.25. The third-order valence-electron chi connectivity index (χ3n) is 3.92. The molecule has 2 rings (SSSR count). The van der Waals surface area contributed by atoms with Gasteiger partial charge in [-0.2, -0.15) is 0 Å². The van der Waals surface area contributed by atoms with Crippen LogP contribution in [0, 0.1) is 6.92 Å². The van der Waals surface area contributed by atoms with Crippen molar-refractivity contribution < 1.29 is 8.42 Å². The van der Waals surface area contributed by atoms with Gasteiger partial charge in [0, 0.05) is 5.54 Å². The van der Waals surface area contributed by atoms with Gasteiger partial charge in [0.25, 0.3) is 0 Å². The van der Waals surface area contributed by atoms with Crippen LogP contribution in [-0.2, 0) is 10.0 Å². The SMILES string of the molecule is CCC1(NS(=O)(=O)c2cc(N)c(Cl)cc2C)CCC1. The summed E-state index contributed by atoms with van der Waals surface area (Å²) in [6, 6.07) is 3.02. The molecule has 0 atom stereocenters.